The maximum atomic E-state index is 13.3. The molecule has 0 bridgehead atoms. The Morgan fingerprint density at radius 2 is 1.38 bits per heavy atom. The zero-order valence-corrected chi connectivity index (χ0v) is 24.7. The summed E-state index contributed by atoms with van der Waals surface area (Å²) in [5.41, 5.74) is 0. The van der Waals surface area contributed by atoms with Gasteiger partial charge in [-0.05, 0) is 37.5 Å². The lowest BCUT2D eigenvalue weighted by atomic mass is 9.85. The van der Waals surface area contributed by atoms with Crippen molar-refractivity contribution in [2.24, 2.45) is 17.8 Å². The molecule has 0 aromatic carbocycles. The predicted molar refractivity (Wildman–Crippen MR) is 150 cm³/mol. The van der Waals surface area contributed by atoms with E-state index in [1.807, 2.05) is 13.8 Å². The van der Waals surface area contributed by atoms with E-state index in [0.29, 0.717) is 18.8 Å². The summed E-state index contributed by atoms with van der Waals surface area (Å²) in [6.07, 6.45) is 7.17. The van der Waals surface area contributed by atoms with Gasteiger partial charge in [-0.3, -0.25) is 24.0 Å². The van der Waals surface area contributed by atoms with Crippen molar-refractivity contribution in [3.05, 3.63) is 0 Å². The van der Waals surface area contributed by atoms with E-state index in [1.54, 1.807) is 13.8 Å². The minimum Gasteiger partial charge on any atom is -0.394 e. The van der Waals surface area contributed by atoms with Crippen LogP contribution in [0.1, 0.15) is 86.5 Å². The van der Waals surface area contributed by atoms with Gasteiger partial charge in [0.1, 0.15) is 30.5 Å². The third-order valence-electron chi connectivity index (χ3n) is 7.02. The fourth-order valence-corrected chi connectivity index (χ4v) is 4.81. The normalized spacial score (nSPS) is 17.6. The molecule has 0 saturated heterocycles. The number of aliphatic hydroxyl groups excluding tert-OH is 1. The SMILES string of the molecule is CC(=O)N[C@@H](CO)C(=O)N[C@@H](C)C(=O)N[C@H](C(=O)N[C@@H](CC(C)C)C(=O)N[C@H](C=O)CC1CCCCC1)C(C)C. The molecule has 0 aromatic heterocycles. The first-order valence-electron chi connectivity index (χ1n) is 14.3. The summed E-state index contributed by atoms with van der Waals surface area (Å²) in [4.78, 5) is 74.6. The number of carbonyl (C=O) groups is 6. The van der Waals surface area contributed by atoms with Gasteiger partial charge in [-0.1, -0.05) is 59.8 Å². The van der Waals surface area contributed by atoms with Crippen LogP contribution in [-0.4, -0.2) is 77.7 Å². The Kier molecular flexibility index (Phi) is 15.4. The van der Waals surface area contributed by atoms with E-state index in [2.05, 4.69) is 26.6 Å². The van der Waals surface area contributed by atoms with E-state index in [1.165, 1.54) is 20.3 Å². The summed E-state index contributed by atoms with van der Waals surface area (Å²) in [7, 11) is 0. The number of amides is 5. The quantitative estimate of drug-likeness (QED) is 0.145. The molecule has 6 N–H and O–H groups in total. The number of nitrogens with one attached hydrogen (secondary N) is 5. The molecule has 12 nitrogen and oxygen atoms in total. The van der Waals surface area contributed by atoms with Crippen molar-refractivity contribution >= 4 is 35.8 Å². The van der Waals surface area contributed by atoms with Gasteiger partial charge in [-0.2, -0.15) is 0 Å². The van der Waals surface area contributed by atoms with E-state index < -0.39 is 66.4 Å². The van der Waals surface area contributed by atoms with E-state index >= 15 is 0 Å². The van der Waals surface area contributed by atoms with Gasteiger partial charge in [-0.15, -0.1) is 0 Å². The van der Waals surface area contributed by atoms with E-state index in [0.717, 1.165) is 32.0 Å². The third kappa shape index (κ3) is 12.4. The summed E-state index contributed by atoms with van der Waals surface area (Å²) in [6.45, 7) is 9.25. The molecular weight excluding hydrogens is 518 g/mol. The molecule has 5 atom stereocenters. The molecule has 12 heteroatoms. The number of aldehydes is 1. The van der Waals surface area contributed by atoms with Crippen LogP contribution >= 0.6 is 0 Å². The Labute approximate surface area is 237 Å². The van der Waals surface area contributed by atoms with Crippen molar-refractivity contribution in [1.82, 2.24) is 26.6 Å². The topological polar surface area (TPSA) is 183 Å². The molecule has 40 heavy (non-hydrogen) atoms. The first-order chi connectivity index (χ1) is 18.8. The van der Waals surface area contributed by atoms with E-state index in [4.69, 9.17) is 0 Å². The van der Waals surface area contributed by atoms with E-state index in [-0.39, 0.29) is 11.8 Å². The van der Waals surface area contributed by atoms with Crippen molar-refractivity contribution in [2.45, 2.75) is 117 Å². The molecule has 1 rings (SSSR count). The van der Waals surface area contributed by atoms with Gasteiger partial charge < -0.3 is 36.5 Å². The van der Waals surface area contributed by atoms with Crippen molar-refractivity contribution in [3.63, 3.8) is 0 Å². The molecule has 1 aliphatic carbocycles. The largest absolute Gasteiger partial charge is 0.394 e. The average Bonchev–Trinajstić information content (AvgIpc) is 2.88. The molecule has 1 saturated carbocycles. The molecule has 0 radical (unpaired) electrons. The maximum Gasteiger partial charge on any atom is 0.245 e. The predicted octanol–water partition coefficient (Wildman–Crippen LogP) is 0.314. The zero-order valence-electron chi connectivity index (χ0n) is 24.7. The highest BCUT2D eigenvalue weighted by Gasteiger charge is 2.32. The number of aliphatic hydroxyl groups is 1. The molecule has 0 heterocycles. The summed E-state index contributed by atoms with van der Waals surface area (Å²) in [5.74, 6) is -2.84. The highest BCUT2D eigenvalue weighted by atomic mass is 16.3. The first kappa shape index (κ1) is 35.0. The maximum absolute atomic E-state index is 13.3. The van der Waals surface area contributed by atoms with Crippen molar-refractivity contribution in [1.29, 1.82) is 0 Å². The Hall–Kier alpha value is -3.02. The van der Waals surface area contributed by atoms with Crippen LogP contribution in [0.5, 0.6) is 0 Å². The highest BCUT2D eigenvalue weighted by molar-refractivity contribution is 5.95. The van der Waals surface area contributed by atoms with Crippen LogP contribution in [0.25, 0.3) is 0 Å². The lowest BCUT2D eigenvalue weighted by Gasteiger charge is -2.29. The van der Waals surface area contributed by atoms with Crippen molar-refractivity contribution in [3.8, 4) is 0 Å². The van der Waals surface area contributed by atoms with Crippen LogP contribution in [0.15, 0.2) is 0 Å². The van der Waals surface area contributed by atoms with Gasteiger partial charge in [0.05, 0.1) is 12.6 Å². The van der Waals surface area contributed by atoms with Crippen LogP contribution in [0.3, 0.4) is 0 Å². The lowest BCUT2D eigenvalue weighted by molar-refractivity contribution is -0.135. The van der Waals surface area contributed by atoms with Gasteiger partial charge in [0, 0.05) is 6.92 Å². The second kappa shape index (κ2) is 17.6. The number of rotatable bonds is 16. The summed E-state index contributed by atoms with van der Waals surface area (Å²) < 4.78 is 0. The molecule has 0 unspecified atom stereocenters. The Balaban J connectivity index is 2.86. The van der Waals surface area contributed by atoms with Gasteiger partial charge in [-0.25, -0.2) is 0 Å². The van der Waals surface area contributed by atoms with Crippen LogP contribution in [0.4, 0.5) is 0 Å². The number of carbonyl (C=O) groups excluding carboxylic acids is 6. The average molecular weight is 568 g/mol. The Morgan fingerprint density at radius 3 is 1.88 bits per heavy atom. The van der Waals surface area contributed by atoms with Gasteiger partial charge in [0.2, 0.25) is 29.5 Å². The van der Waals surface area contributed by atoms with Gasteiger partial charge in [0.25, 0.3) is 0 Å². The molecule has 5 amide bonds. The fraction of sp³-hybridized carbons (Fsp3) is 0.786. The highest BCUT2D eigenvalue weighted by Crippen LogP contribution is 2.27. The minimum atomic E-state index is -1.22. The first-order valence-corrected chi connectivity index (χ1v) is 14.3. The van der Waals surface area contributed by atoms with Gasteiger partial charge >= 0.3 is 0 Å². The fourth-order valence-electron chi connectivity index (χ4n) is 4.81. The monoisotopic (exact) mass is 567 g/mol. The smallest absolute Gasteiger partial charge is 0.245 e. The van der Waals surface area contributed by atoms with E-state index in [9.17, 15) is 33.9 Å². The molecule has 1 aliphatic rings. The van der Waals surface area contributed by atoms with Crippen LogP contribution in [-0.2, 0) is 28.8 Å². The minimum absolute atomic E-state index is 0.0643. The molecule has 0 aromatic rings. The van der Waals surface area contributed by atoms with Crippen LogP contribution in [0.2, 0.25) is 0 Å². The molecule has 0 aliphatic heterocycles. The molecule has 0 spiro atoms. The van der Waals surface area contributed by atoms with Crippen LogP contribution in [0, 0.1) is 17.8 Å². The molecule has 228 valence electrons. The summed E-state index contributed by atoms with van der Waals surface area (Å²) in [6, 6.07) is -4.85. The standard InChI is InChI=1S/C28H49N5O7/c1-16(2)12-22(26(38)31-21(14-34)13-20-10-8-7-9-11-20)32-28(40)24(17(3)4)33-25(37)18(5)29-27(39)23(15-35)30-19(6)36/h14,16-18,20-24,35H,7-13,15H2,1-6H3,(H,29,39)(H,30,36)(H,31,38)(H,32,40)(H,33,37)/t18-,21-,22-,23-,24-/m0/s1. The second-order valence-electron chi connectivity index (χ2n) is 11.6. The van der Waals surface area contributed by atoms with Crippen molar-refractivity contribution in [2.75, 3.05) is 6.61 Å². The second-order valence-corrected chi connectivity index (χ2v) is 11.6. The Bertz CT molecular complexity index is 873. The number of hydrogen-bond donors (Lipinski definition) is 6. The third-order valence-corrected chi connectivity index (χ3v) is 7.02. The molecule has 1 fully saturated rings. The summed E-state index contributed by atoms with van der Waals surface area (Å²) >= 11 is 0. The van der Waals surface area contributed by atoms with Gasteiger partial charge in [0.15, 0.2) is 0 Å². The Morgan fingerprint density at radius 1 is 0.775 bits per heavy atom. The zero-order chi connectivity index (χ0) is 30.4. The summed E-state index contributed by atoms with van der Waals surface area (Å²) in [5, 5.41) is 22.2. The van der Waals surface area contributed by atoms with Crippen molar-refractivity contribution < 1.29 is 33.9 Å². The molecular formula is C28H49N5O7. The lowest BCUT2D eigenvalue weighted by Crippen LogP contribution is -2.59. The van der Waals surface area contributed by atoms with Crippen LogP contribution < -0.4 is 26.6 Å². The number of hydrogen-bond acceptors (Lipinski definition) is 7.